The van der Waals surface area contributed by atoms with Gasteiger partial charge in [0, 0.05) is 17.7 Å². The lowest BCUT2D eigenvalue weighted by Gasteiger charge is -2.14. The van der Waals surface area contributed by atoms with Crippen LogP contribution in [0, 0.1) is 11.3 Å². The zero-order chi connectivity index (χ0) is 11.4. The van der Waals surface area contributed by atoms with Gasteiger partial charge in [-0.15, -0.1) is 0 Å². The van der Waals surface area contributed by atoms with Gasteiger partial charge in [0.25, 0.3) is 0 Å². The molecule has 80 valence electrons. The molecule has 2 N–H and O–H groups in total. The Labute approximate surface area is 89.2 Å². The van der Waals surface area contributed by atoms with Crippen molar-refractivity contribution >= 4 is 0 Å². The molecule has 0 bridgehead atoms. The highest BCUT2D eigenvalue weighted by atomic mass is 16.5. The van der Waals surface area contributed by atoms with Gasteiger partial charge in [0.15, 0.2) is 0 Å². The topological polar surface area (TPSA) is 68.3 Å². The standard InChI is InChI=1S/C11H14N2O2/c1-7(13)9-4-8(6-12)10(14-2)5-11(9)15-3/h4-5,7H,13H2,1-3H3. The Kier molecular flexibility index (Phi) is 3.53. The van der Waals surface area contributed by atoms with Crippen LogP contribution in [-0.2, 0) is 0 Å². The zero-order valence-electron chi connectivity index (χ0n) is 9.07. The van der Waals surface area contributed by atoms with Gasteiger partial charge in [-0.3, -0.25) is 0 Å². The molecular weight excluding hydrogens is 192 g/mol. The van der Waals surface area contributed by atoms with Crippen molar-refractivity contribution in [2.24, 2.45) is 5.73 Å². The van der Waals surface area contributed by atoms with Crippen LogP contribution in [0.15, 0.2) is 12.1 Å². The van der Waals surface area contributed by atoms with Gasteiger partial charge in [0.05, 0.1) is 19.8 Å². The minimum Gasteiger partial charge on any atom is -0.496 e. The summed E-state index contributed by atoms with van der Waals surface area (Å²) in [5.41, 5.74) is 7.04. The Hall–Kier alpha value is -1.73. The molecule has 0 aliphatic heterocycles. The lowest BCUT2D eigenvalue weighted by molar-refractivity contribution is 0.388. The fraction of sp³-hybridized carbons (Fsp3) is 0.364. The maximum absolute atomic E-state index is 8.91. The predicted molar refractivity (Wildman–Crippen MR) is 56.9 cm³/mol. The summed E-state index contributed by atoms with van der Waals surface area (Å²) in [6.07, 6.45) is 0. The van der Waals surface area contributed by atoms with Gasteiger partial charge in [-0.1, -0.05) is 0 Å². The van der Waals surface area contributed by atoms with Crippen LogP contribution in [0.4, 0.5) is 0 Å². The van der Waals surface area contributed by atoms with Crippen molar-refractivity contribution in [1.82, 2.24) is 0 Å². The van der Waals surface area contributed by atoms with Crippen molar-refractivity contribution in [3.05, 3.63) is 23.3 Å². The number of nitrogens with two attached hydrogens (primary N) is 1. The Bertz CT molecular complexity index is 394. The number of rotatable bonds is 3. The van der Waals surface area contributed by atoms with Crippen molar-refractivity contribution in [3.63, 3.8) is 0 Å². The highest BCUT2D eigenvalue weighted by Gasteiger charge is 2.13. The van der Waals surface area contributed by atoms with Crippen LogP contribution in [0.1, 0.15) is 24.1 Å². The van der Waals surface area contributed by atoms with Crippen molar-refractivity contribution in [2.75, 3.05) is 14.2 Å². The molecule has 1 rings (SSSR count). The highest BCUT2D eigenvalue weighted by molar-refractivity contribution is 5.52. The Morgan fingerprint density at radius 1 is 1.27 bits per heavy atom. The molecule has 0 amide bonds. The maximum atomic E-state index is 8.91. The van der Waals surface area contributed by atoms with Gasteiger partial charge >= 0.3 is 0 Å². The summed E-state index contributed by atoms with van der Waals surface area (Å²) in [6.45, 7) is 1.84. The predicted octanol–water partition coefficient (Wildman–Crippen LogP) is 1.60. The lowest BCUT2D eigenvalue weighted by Crippen LogP contribution is -2.08. The molecule has 0 fully saturated rings. The molecule has 4 nitrogen and oxygen atoms in total. The highest BCUT2D eigenvalue weighted by Crippen LogP contribution is 2.31. The van der Waals surface area contributed by atoms with Crippen LogP contribution in [0.2, 0.25) is 0 Å². The fourth-order valence-electron chi connectivity index (χ4n) is 1.37. The van der Waals surface area contributed by atoms with Crippen LogP contribution in [0.25, 0.3) is 0 Å². The normalized spacial score (nSPS) is 11.7. The number of nitriles is 1. The minimum atomic E-state index is -0.182. The van der Waals surface area contributed by atoms with E-state index in [1.54, 1.807) is 19.2 Å². The number of hydrogen-bond donors (Lipinski definition) is 1. The zero-order valence-corrected chi connectivity index (χ0v) is 9.07. The van der Waals surface area contributed by atoms with Crippen LogP contribution in [0.5, 0.6) is 11.5 Å². The third-order valence-electron chi connectivity index (χ3n) is 2.16. The molecule has 0 saturated carbocycles. The quantitative estimate of drug-likeness (QED) is 0.815. The van der Waals surface area contributed by atoms with Gasteiger partial charge in [0.2, 0.25) is 0 Å². The Morgan fingerprint density at radius 2 is 1.87 bits per heavy atom. The van der Waals surface area contributed by atoms with Crippen LogP contribution >= 0.6 is 0 Å². The summed E-state index contributed by atoms with van der Waals surface area (Å²) in [6, 6.07) is 5.25. The van der Waals surface area contributed by atoms with Crippen molar-refractivity contribution in [2.45, 2.75) is 13.0 Å². The molecule has 1 unspecified atom stereocenters. The first-order chi connectivity index (χ1) is 7.13. The maximum Gasteiger partial charge on any atom is 0.140 e. The molecule has 0 aliphatic rings. The van der Waals surface area contributed by atoms with Crippen molar-refractivity contribution < 1.29 is 9.47 Å². The van der Waals surface area contributed by atoms with E-state index in [9.17, 15) is 0 Å². The minimum absolute atomic E-state index is 0.182. The number of ether oxygens (including phenoxy) is 2. The summed E-state index contributed by atoms with van der Waals surface area (Å²) in [5, 5.41) is 8.91. The molecule has 0 radical (unpaired) electrons. The molecule has 15 heavy (non-hydrogen) atoms. The molecule has 0 aromatic heterocycles. The number of hydrogen-bond acceptors (Lipinski definition) is 4. The molecule has 0 aliphatic carbocycles. The van der Waals surface area contributed by atoms with Gasteiger partial charge in [-0.2, -0.15) is 5.26 Å². The molecule has 1 aromatic rings. The summed E-state index contributed by atoms with van der Waals surface area (Å²) >= 11 is 0. The van der Waals surface area contributed by atoms with E-state index in [4.69, 9.17) is 20.5 Å². The number of methoxy groups -OCH3 is 2. The third kappa shape index (κ3) is 2.20. The summed E-state index contributed by atoms with van der Waals surface area (Å²) in [4.78, 5) is 0. The lowest BCUT2D eigenvalue weighted by atomic mass is 10.0. The first-order valence-corrected chi connectivity index (χ1v) is 4.55. The van der Waals surface area contributed by atoms with Gasteiger partial charge in [0.1, 0.15) is 17.6 Å². The van der Waals surface area contributed by atoms with Crippen LogP contribution < -0.4 is 15.2 Å². The largest absolute Gasteiger partial charge is 0.496 e. The average Bonchev–Trinajstić information content (AvgIpc) is 2.26. The van der Waals surface area contributed by atoms with Gasteiger partial charge in [-0.05, 0) is 13.0 Å². The molecule has 1 aromatic carbocycles. The average molecular weight is 206 g/mol. The molecule has 0 saturated heterocycles. The van der Waals surface area contributed by atoms with E-state index < -0.39 is 0 Å². The molecular formula is C11H14N2O2. The second-order valence-corrected chi connectivity index (χ2v) is 3.19. The molecule has 1 atom stereocenters. The van der Waals surface area contributed by atoms with Crippen molar-refractivity contribution in [3.8, 4) is 17.6 Å². The first kappa shape index (κ1) is 11.3. The van der Waals surface area contributed by atoms with E-state index in [2.05, 4.69) is 6.07 Å². The van der Waals surface area contributed by atoms with E-state index in [1.807, 2.05) is 6.92 Å². The summed E-state index contributed by atoms with van der Waals surface area (Å²) in [7, 11) is 3.08. The second-order valence-electron chi connectivity index (χ2n) is 3.19. The van der Waals surface area contributed by atoms with Crippen LogP contribution in [-0.4, -0.2) is 14.2 Å². The second kappa shape index (κ2) is 4.67. The fourth-order valence-corrected chi connectivity index (χ4v) is 1.37. The smallest absolute Gasteiger partial charge is 0.140 e. The van der Waals surface area contributed by atoms with E-state index >= 15 is 0 Å². The molecule has 4 heteroatoms. The Morgan fingerprint density at radius 3 is 2.27 bits per heavy atom. The molecule has 0 heterocycles. The van der Waals surface area contributed by atoms with Crippen molar-refractivity contribution in [1.29, 1.82) is 5.26 Å². The van der Waals surface area contributed by atoms with Crippen LogP contribution in [0.3, 0.4) is 0 Å². The van der Waals surface area contributed by atoms with Gasteiger partial charge < -0.3 is 15.2 Å². The number of benzene rings is 1. The van der Waals surface area contributed by atoms with E-state index in [0.717, 1.165) is 5.56 Å². The summed E-state index contributed by atoms with van der Waals surface area (Å²) < 4.78 is 10.2. The van der Waals surface area contributed by atoms with Gasteiger partial charge in [-0.25, -0.2) is 0 Å². The Balaban J connectivity index is 3.36. The third-order valence-corrected chi connectivity index (χ3v) is 2.16. The first-order valence-electron chi connectivity index (χ1n) is 4.55. The summed E-state index contributed by atoms with van der Waals surface area (Å²) in [5.74, 6) is 1.14. The van der Waals surface area contributed by atoms with E-state index in [-0.39, 0.29) is 6.04 Å². The number of nitrogens with zero attached hydrogens (tertiary/aromatic N) is 1. The SMILES string of the molecule is COc1cc(OC)c(C(C)N)cc1C#N. The van der Waals surface area contributed by atoms with E-state index in [1.165, 1.54) is 7.11 Å². The molecule has 0 spiro atoms. The van der Waals surface area contributed by atoms with E-state index in [0.29, 0.717) is 17.1 Å². The monoisotopic (exact) mass is 206 g/mol.